The number of carbonyl (C=O) groups is 1. The number of oxazole rings is 1. The van der Waals surface area contributed by atoms with Crippen LogP contribution < -0.4 is 11.1 Å². The number of H-pyrrole nitrogens is 1. The van der Waals surface area contributed by atoms with Crippen molar-refractivity contribution < 1.29 is 9.21 Å². The molecule has 2 heterocycles. The number of amides is 1. The minimum atomic E-state index is -0.499. The molecule has 0 aliphatic rings. The van der Waals surface area contributed by atoms with Gasteiger partial charge in [0.25, 0.3) is 0 Å². The summed E-state index contributed by atoms with van der Waals surface area (Å²) in [5, 5.41) is 6.84. The molecule has 0 aliphatic carbocycles. The molecule has 0 spiro atoms. The van der Waals surface area contributed by atoms with Crippen LogP contribution in [0.3, 0.4) is 0 Å². The second-order valence-electron chi connectivity index (χ2n) is 4.41. The highest BCUT2D eigenvalue weighted by Crippen LogP contribution is 2.16. The molecular weight excluding hydrogens is 276 g/mol. The molecule has 1 amide bonds. The largest absolute Gasteiger partial charge is 0.417 e. The summed E-state index contributed by atoms with van der Waals surface area (Å²) in [5.41, 5.74) is 2.86. The van der Waals surface area contributed by atoms with Crippen molar-refractivity contribution in [2.24, 2.45) is 0 Å². The van der Waals surface area contributed by atoms with Gasteiger partial charge in [0.1, 0.15) is 0 Å². The summed E-state index contributed by atoms with van der Waals surface area (Å²) in [5.74, 6) is -0.553. The van der Waals surface area contributed by atoms with Crippen LogP contribution in [0.15, 0.2) is 44.2 Å². The van der Waals surface area contributed by atoms with Gasteiger partial charge in [0, 0.05) is 12.1 Å². The van der Waals surface area contributed by atoms with Gasteiger partial charge in [-0.3, -0.25) is 9.78 Å². The molecule has 0 bridgehead atoms. The molecule has 0 fully saturated rings. The van der Waals surface area contributed by atoms with E-state index in [2.05, 4.69) is 10.3 Å². The molecule has 1 aromatic carbocycles. The Hall–Kier alpha value is -2.34. The zero-order chi connectivity index (χ0) is 13.9. The maximum atomic E-state index is 11.8. The Morgan fingerprint density at radius 3 is 3.05 bits per heavy atom. The molecule has 2 N–H and O–H groups in total. The molecule has 0 aliphatic heterocycles. The first-order valence-corrected chi connectivity index (χ1v) is 7.09. The van der Waals surface area contributed by atoms with Crippen LogP contribution in [0.1, 0.15) is 12.0 Å². The van der Waals surface area contributed by atoms with Gasteiger partial charge in [-0.1, -0.05) is 0 Å². The predicted octanol–water partition coefficient (Wildman–Crippen LogP) is 2.75. The van der Waals surface area contributed by atoms with Crippen molar-refractivity contribution in [2.45, 2.75) is 12.8 Å². The molecule has 102 valence electrons. The van der Waals surface area contributed by atoms with Gasteiger partial charge >= 0.3 is 5.76 Å². The number of aromatic amines is 1. The predicted molar refractivity (Wildman–Crippen MR) is 78.1 cm³/mol. The highest BCUT2D eigenvalue weighted by Gasteiger charge is 2.06. The lowest BCUT2D eigenvalue weighted by Gasteiger charge is -2.04. The quantitative estimate of drug-likeness (QED) is 0.775. The summed E-state index contributed by atoms with van der Waals surface area (Å²) in [6.07, 6.45) is 1.15. The third kappa shape index (κ3) is 2.80. The molecule has 3 rings (SSSR count). The standard InChI is InChI=1S/C14H12N2O3S/c17-13(4-1-9-5-6-20-8-9)15-10-2-3-12-11(7-10)16-14(18)19-12/h2-3,5-8H,1,4H2,(H,15,17)(H,16,18). The third-order valence-electron chi connectivity index (χ3n) is 2.92. The Morgan fingerprint density at radius 1 is 1.35 bits per heavy atom. The fraction of sp³-hybridized carbons (Fsp3) is 0.143. The van der Waals surface area contributed by atoms with Crippen molar-refractivity contribution >= 4 is 34.0 Å². The van der Waals surface area contributed by atoms with Crippen molar-refractivity contribution in [3.8, 4) is 0 Å². The maximum absolute atomic E-state index is 11.8. The van der Waals surface area contributed by atoms with Crippen molar-refractivity contribution in [1.82, 2.24) is 4.98 Å². The number of fused-ring (bicyclic) bond motifs is 1. The van der Waals surface area contributed by atoms with Crippen LogP contribution in [-0.4, -0.2) is 10.9 Å². The SMILES string of the molecule is O=C(CCc1ccsc1)Nc1ccc2oc(=O)[nH]c2c1. The lowest BCUT2D eigenvalue weighted by molar-refractivity contribution is -0.116. The molecule has 0 saturated heterocycles. The topological polar surface area (TPSA) is 75.1 Å². The summed E-state index contributed by atoms with van der Waals surface area (Å²) >= 11 is 1.62. The van der Waals surface area contributed by atoms with Crippen molar-refractivity contribution in [1.29, 1.82) is 0 Å². The van der Waals surface area contributed by atoms with Crippen LogP contribution in [0.4, 0.5) is 5.69 Å². The molecule has 0 unspecified atom stereocenters. The number of thiophene rings is 1. The number of carbonyl (C=O) groups excluding carboxylic acids is 1. The molecule has 2 aromatic heterocycles. The third-order valence-corrected chi connectivity index (χ3v) is 3.66. The van der Waals surface area contributed by atoms with Gasteiger partial charge < -0.3 is 9.73 Å². The van der Waals surface area contributed by atoms with Crippen LogP contribution in [-0.2, 0) is 11.2 Å². The summed E-state index contributed by atoms with van der Waals surface area (Å²) in [4.78, 5) is 25.4. The second kappa shape index (κ2) is 5.34. The number of benzene rings is 1. The molecule has 0 radical (unpaired) electrons. The molecule has 0 atom stereocenters. The van der Waals surface area contributed by atoms with E-state index < -0.39 is 5.76 Å². The van der Waals surface area contributed by atoms with Gasteiger partial charge in [0.15, 0.2) is 5.58 Å². The van der Waals surface area contributed by atoms with Gasteiger partial charge in [-0.05, 0) is 47.0 Å². The highest BCUT2D eigenvalue weighted by atomic mass is 32.1. The van der Waals surface area contributed by atoms with Crippen molar-refractivity contribution in [3.05, 3.63) is 51.1 Å². The number of aryl methyl sites for hydroxylation is 1. The van der Waals surface area contributed by atoms with Gasteiger partial charge in [0.2, 0.25) is 5.91 Å². The minimum absolute atomic E-state index is 0.0543. The number of aromatic nitrogens is 1. The van der Waals surface area contributed by atoms with Crippen LogP contribution >= 0.6 is 11.3 Å². The fourth-order valence-corrected chi connectivity index (χ4v) is 2.65. The Morgan fingerprint density at radius 2 is 2.25 bits per heavy atom. The second-order valence-corrected chi connectivity index (χ2v) is 5.19. The Kier molecular flexibility index (Phi) is 3.39. The Bertz CT molecular complexity index is 786. The zero-order valence-electron chi connectivity index (χ0n) is 10.5. The molecular formula is C14H12N2O3S. The van der Waals surface area contributed by atoms with Gasteiger partial charge in [-0.25, -0.2) is 4.79 Å². The first-order valence-electron chi connectivity index (χ1n) is 6.14. The van der Waals surface area contributed by atoms with E-state index >= 15 is 0 Å². The monoisotopic (exact) mass is 288 g/mol. The van der Waals surface area contributed by atoms with E-state index in [4.69, 9.17) is 4.42 Å². The van der Waals surface area contributed by atoms with Gasteiger partial charge in [0.05, 0.1) is 5.52 Å². The highest BCUT2D eigenvalue weighted by molar-refractivity contribution is 7.07. The molecule has 5 nitrogen and oxygen atoms in total. The summed E-state index contributed by atoms with van der Waals surface area (Å²) in [7, 11) is 0. The average Bonchev–Trinajstić information content (AvgIpc) is 3.04. The minimum Gasteiger partial charge on any atom is -0.408 e. The van der Waals surface area contributed by atoms with E-state index in [1.807, 2.05) is 16.8 Å². The fourth-order valence-electron chi connectivity index (χ4n) is 1.95. The van der Waals surface area contributed by atoms with Crippen LogP contribution in [0, 0.1) is 0 Å². The lowest BCUT2D eigenvalue weighted by atomic mass is 10.2. The normalized spacial score (nSPS) is 10.8. The molecule has 3 aromatic rings. The first kappa shape index (κ1) is 12.7. The number of nitrogens with one attached hydrogen (secondary N) is 2. The van der Waals surface area contributed by atoms with E-state index in [9.17, 15) is 9.59 Å². The van der Waals surface area contributed by atoms with Crippen LogP contribution in [0.2, 0.25) is 0 Å². The van der Waals surface area contributed by atoms with Crippen molar-refractivity contribution in [3.63, 3.8) is 0 Å². The summed E-state index contributed by atoms with van der Waals surface area (Å²) in [6, 6.07) is 7.06. The van der Waals surface area contributed by atoms with Gasteiger partial charge in [-0.15, -0.1) is 0 Å². The molecule has 6 heteroatoms. The number of anilines is 1. The van der Waals surface area contributed by atoms with Crippen LogP contribution in [0.5, 0.6) is 0 Å². The van der Waals surface area contributed by atoms with Crippen LogP contribution in [0.25, 0.3) is 11.1 Å². The Labute approximate surface area is 118 Å². The zero-order valence-corrected chi connectivity index (χ0v) is 11.3. The lowest BCUT2D eigenvalue weighted by Crippen LogP contribution is -2.12. The molecule has 0 saturated carbocycles. The smallest absolute Gasteiger partial charge is 0.408 e. The first-order chi connectivity index (χ1) is 9.70. The van der Waals surface area contributed by atoms with E-state index in [1.54, 1.807) is 29.5 Å². The molecule has 20 heavy (non-hydrogen) atoms. The summed E-state index contributed by atoms with van der Waals surface area (Å²) in [6.45, 7) is 0. The van der Waals surface area contributed by atoms with E-state index in [0.717, 1.165) is 6.42 Å². The van der Waals surface area contributed by atoms with Crippen molar-refractivity contribution in [2.75, 3.05) is 5.32 Å². The number of hydrogen-bond donors (Lipinski definition) is 2. The average molecular weight is 288 g/mol. The summed E-state index contributed by atoms with van der Waals surface area (Å²) < 4.78 is 4.90. The number of hydrogen-bond acceptors (Lipinski definition) is 4. The number of rotatable bonds is 4. The van der Waals surface area contributed by atoms with E-state index in [-0.39, 0.29) is 5.91 Å². The van der Waals surface area contributed by atoms with Gasteiger partial charge in [-0.2, -0.15) is 11.3 Å². The van der Waals surface area contributed by atoms with E-state index in [0.29, 0.717) is 23.2 Å². The maximum Gasteiger partial charge on any atom is 0.417 e. The Balaban J connectivity index is 1.66. The van der Waals surface area contributed by atoms with E-state index in [1.165, 1.54) is 5.56 Å².